The van der Waals surface area contributed by atoms with E-state index in [9.17, 15) is 10.4 Å². The van der Waals surface area contributed by atoms with Gasteiger partial charge in [-0.25, -0.2) is 0 Å². The fourth-order valence-corrected chi connectivity index (χ4v) is 5.82. The molecular formula is C19H21N3O. The van der Waals surface area contributed by atoms with Gasteiger partial charge in [0.05, 0.1) is 22.5 Å². The first-order valence-electron chi connectivity index (χ1n) is 8.73. The van der Waals surface area contributed by atoms with Crippen molar-refractivity contribution in [1.29, 1.82) is 5.26 Å². The highest BCUT2D eigenvalue weighted by molar-refractivity contribution is 5.76. The van der Waals surface area contributed by atoms with Gasteiger partial charge in [0.25, 0.3) is 0 Å². The summed E-state index contributed by atoms with van der Waals surface area (Å²) in [6, 6.07) is 2.69. The topological polar surface area (TPSA) is 68.9 Å². The van der Waals surface area contributed by atoms with Crippen molar-refractivity contribution in [2.75, 3.05) is 5.32 Å². The molecule has 4 fully saturated rings. The standard InChI is InChI=1S/C19H21N3O/c20-9-14-10-21-16-3-1-2-15(16)18(14)22-17-12-4-11-5-13(17)8-19(23,6-11)7-12/h1-2,10-13,17,23H,3-8H2,(H,21,22). The molecule has 4 nitrogen and oxygen atoms in total. The number of nitrogens with one attached hydrogen (secondary N) is 1. The van der Waals surface area contributed by atoms with Gasteiger partial charge in [0.1, 0.15) is 6.07 Å². The summed E-state index contributed by atoms with van der Waals surface area (Å²) in [6.45, 7) is 0. The maximum Gasteiger partial charge on any atom is 0.103 e. The lowest BCUT2D eigenvalue weighted by molar-refractivity contribution is -0.129. The Hall–Kier alpha value is -1.86. The molecule has 0 saturated heterocycles. The van der Waals surface area contributed by atoms with E-state index in [0.717, 1.165) is 42.6 Å². The van der Waals surface area contributed by atoms with Crippen molar-refractivity contribution in [2.24, 2.45) is 17.8 Å². The van der Waals surface area contributed by atoms with Crippen molar-refractivity contribution in [1.82, 2.24) is 4.98 Å². The summed E-state index contributed by atoms with van der Waals surface area (Å²) < 4.78 is 0. The molecule has 2 N–H and O–H groups in total. The molecule has 0 radical (unpaired) electrons. The molecule has 118 valence electrons. The van der Waals surface area contributed by atoms with Gasteiger partial charge in [-0.1, -0.05) is 12.2 Å². The number of pyridine rings is 1. The Morgan fingerprint density at radius 3 is 2.74 bits per heavy atom. The first kappa shape index (κ1) is 13.6. The van der Waals surface area contributed by atoms with Crippen molar-refractivity contribution in [3.8, 4) is 6.07 Å². The molecule has 4 heteroatoms. The number of nitriles is 1. The molecule has 0 aromatic carbocycles. The fraction of sp³-hybridized carbons (Fsp3) is 0.579. The first-order chi connectivity index (χ1) is 11.1. The summed E-state index contributed by atoms with van der Waals surface area (Å²) in [5, 5.41) is 24.0. The number of aliphatic hydroxyl groups is 1. The third-order valence-electron chi connectivity index (χ3n) is 6.47. The second kappa shape index (κ2) is 4.58. The van der Waals surface area contributed by atoms with Crippen LogP contribution < -0.4 is 5.32 Å². The van der Waals surface area contributed by atoms with Crippen LogP contribution in [0.2, 0.25) is 0 Å². The summed E-state index contributed by atoms with van der Waals surface area (Å²) in [5.41, 5.74) is 3.36. The van der Waals surface area contributed by atoms with E-state index in [2.05, 4.69) is 28.5 Å². The van der Waals surface area contributed by atoms with E-state index in [1.807, 2.05) is 0 Å². The summed E-state index contributed by atoms with van der Waals surface area (Å²) in [5.74, 6) is 1.77. The van der Waals surface area contributed by atoms with Gasteiger partial charge in [0, 0.05) is 24.2 Å². The molecule has 0 spiro atoms. The zero-order chi connectivity index (χ0) is 15.6. The average molecular weight is 307 g/mol. The van der Waals surface area contributed by atoms with Crippen LogP contribution in [-0.2, 0) is 6.42 Å². The summed E-state index contributed by atoms with van der Waals surface area (Å²) in [4.78, 5) is 4.42. The van der Waals surface area contributed by atoms with Crippen LogP contribution in [-0.4, -0.2) is 21.7 Å². The summed E-state index contributed by atoms with van der Waals surface area (Å²) in [6.07, 6.45) is 12.1. The van der Waals surface area contributed by atoms with Gasteiger partial charge in [0.2, 0.25) is 0 Å². The minimum Gasteiger partial charge on any atom is -0.390 e. The van der Waals surface area contributed by atoms with E-state index in [0.29, 0.717) is 29.4 Å². The van der Waals surface area contributed by atoms with Crippen molar-refractivity contribution in [3.63, 3.8) is 0 Å². The van der Waals surface area contributed by atoms with Crippen LogP contribution in [0.1, 0.15) is 48.9 Å². The van der Waals surface area contributed by atoms with Crippen LogP contribution in [0.15, 0.2) is 12.3 Å². The van der Waals surface area contributed by atoms with E-state index >= 15 is 0 Å². The van der Waals surface area contributed by atoms with Gasteiger partial charge in [-0.15, -0.1) is 0 Å². The Kier molecular flexibility index (Phi) is 2.70. The van der Waals surface area contributed by atoms with Gasteiger partial charge < -0.3 is 10.4 Å². The van der Waals surface area contributed by atoms with Gasteiger partial charge >= 0.3 is 0 Å². The maximum atomic E-state index is 10.7. The number of hydrogen-bond acceptors (Lipinski definition) is 4. The van der Waals surface area contributed by atoms with Crippen LogP contribution in [0.3, 0.4) is 0 Å². The fourth-order valence-electron chi connectivity index (χ4n) is 5.82. The SMILES string of the molecule is N#Cc1cnc2c(c1NC1C3CC4CC1CC(O)(C4)C3)C=CC2. The average Bonchev–Trinajstić information content (AvgIpc) is 2.98. The predicted octanol–water partition coefficient (Wildman–Crippen LogP) is 2.87. The molecule has 0 amide bonds. The van der Waals surface area contributed by atoms with Gasteiger partial charge in [0.15, 0.2) is 0 Å². The zero-order valence-corrected chi connectivity index (χ0v) is 13.1. The van der Waals surface area contributed by atoms with E-state index in [-0.39, 0.29) is 0 Å². The van der Waals surface area contributed by atoms with E-state index in [1.165, 1.54) is 12.8 Å². The van der Waals surface area contributed by atoms with E-state index in [4.69, 9.17) is 0 Å². The number of hydrogen-bond donors (Lipinski definition) is 2. The van der Waals surface area contributed by atoms with Crippen molar-refractivity contribution < 1.29 is 5.11 Å². The van der Waals surface area contributed by atoms with Crippen LogP contribution in [0.4, 0.5) is 5.69 Å². The molecule has 1 heterocycles. The molecular weight excluding hydrogens is 286 g/mol. The number of allylic oxidation sites excluding steroid dienone is 1. The van der Waals surface area contributed by atoms with Gasteiger partial charge in [-0.3, -0.25) is 4.98 Å². The number of rotatable bonds is 2. The quantitative estimate of drug-likeness (QED) is 0.881. The lowest BCUT2D eigenvalue weighted by Crippen LogP contribution is -2.59. The van der Waals surface area contributed by atoms with Crippen LogP contribution in [0.25, 0.3) is 6.08 Å². The second-order valence-electron chi connectivity index (χ2n) is 7.99. The molecule has 5 aliphatic rings. The van der Waals surface area contributed by atoms with Crippen molar-refractivity contribution in [2.45, 2.75) is 50.2 Å². The molecule has 2 atom stereocenters. The molecule has 5 aliphatic carbocycles. The predicted molar refractivity (Wildman–Crippen MR) is 87.6 cm³/mol. The minimum atomic E-state index is -0.410. The largest absolute Gasteiger partial charge is 0.390 e. The van der Waals surface area contributed by atoms with Crippen molar-refractivity contribution in [3.05, 3.63) is 29.1 Å². The third kappa shape index (κ3) is 1.96. The lowest BCUT2D eigenvalue weighted by Gasteiger charge is -2.58. The Morgan fingerprint density at radius 2 is 2.04 bits per heavy atom. The highest BCUT2D eigenvalue weighted by atomic mass is 16.3. The highest BCUT2D eigenvalue weighted by Gasteiger charge is 2.54. The van der Waals surface area contributed by atoms with Gasteiger partial charge in [-0.05, 0) is 49.9 Å². The summed E-state index contributed by atoms with van der Waals surface area (Å²) in [7, 11) is 0. The number of anilines is 1. The molecule has 6 rings (SSSR count). The van der Waals surface area contributed by atoms with Crippen LogP contribution in [0, 0.1) is 29.1 Å². The second-order valence-corrected chi connectivity index (χ2v) is 7.99. The number of aromatic nitrogens is 1. The summed E-state index contributed by atoms with van der Waals surface area (Å²) >= 11 is 0. The van der Waals surface area contributed by atoms with Crippen LogP contribution in [0.5, 0.6) is 0 Å². The minimum absolute atomic E-state index is 0.388. The zero-order valence-electron chi connectivity index (χ0n) is 13.1. The molecule has 0 aliphatic heterocycles. The molecule has 1 aromatic heterocycles. The van der Waals surface area contributed by atoms with Crippen LogP contribution >= 0.6 is 0 Å². The number of fused-ring (bicyclic) bond motifs is 1. The van der Waals surface area contributed by atoms with E-state index in [1.54, 1.807) is 6.20 Å². The lowest BCUT2D eigenvalue weighted by atomic mass is 9.52. The first-order valence-corrected chi connectivity index (χ1v) is 8.73. The Bertz CT molecular complexity index is 732. The Labute approximate surface area is 136 Å². The third-order valence-corrected chi connectivity index (χ3v) is 6.47. The molecule has 23 heavy (non-hydrogen) atoms. The Morgan fingerprint density at radius 1 is 1.26 bits per heavy atom. The molecule has 1 aromatic rings. The van der Waals surface area contributed by atoms with Crippen molar-refractivity contribution >= 4 is 11.8 Å². The van der Waals surface area contributed by atoms with E-state index < -0.39 is 5.60 Å². The smallest absolute Gasteiger partial charge is 0.103 e. The maximum absolute atomic E-state index is 10.7. The van der Waals surface area contributed by atoms with Gasteiger partial charge in [-0.2, -0.15) is 5.26 Å². The normalized spacial score (nSPS) is 39.3. The highest BCUT2D eigenvalue weighted by Crippen LogP contribution is 2.56. The molecule has 4 bridgehead atoms. The monoisotopic (exact) mass is 307 g/mol. The Balaban J connectivity index is 1.51. The molecule has 4 saturated carbocycles. The number of nitrogens with zero attached hydrogens (tertiary/aromatic N) is 2. The molecule has 2 unspecified atom stereocenters.